The molecule has 1 atom stereocenters. The van der Waals surface area contributed by atoms with Crippen molar-refractivity contribution in [2.45, 2.75) is 19.9 Å². The van der Waals surface area contributed by atoms with Gasteiger partial charge < -0.3 is 10.5 Å². The van der Waals surface area contributed by atoms with Gasteiger partial charge in [-0.25, -0.2) is 0 Å². The third-order valence-electron chi connectivity index (χ3n) is 1.52. The van der Waals surface area contributed by atoms with Crippen molar-refractivity contribution in [3.05, 3.63) is 12.2 Å². The van der Waals surface area contributed by atoms with E-state index in [-0.39, 0.29) is 6.04 Å². The molecule has 0 saturated heterocycles. The van der Waals surface area contributed by atoms with Crippen molar-refractivity contribution in [1.29, 1.82) is 0 Å². The summed E-state index contributed by atoms with van der Waals surface area (Å²) in [6.45, 7) is 8.53. The minimum atomic E-state index is 0.0694. The zero-order valence-electron chi connectivity index (χ0n) is 7.05. The second-order valence-electron chi connectivity index (χ2n) is 2.86. The Morgan fingerprint density at radius 2 is 2.10 bits per heavy atom. The van der Waals surface area contributed by atoms with Crippen molar-refractivity contribution >= 4 is 0 Å². The van der Waals surface area contributed by atoms with E-state index in [1.807, 2.05) is 0 Å². The van der Waals surface area contributed by atoms with Crippen LogP contribution in [0.1, 0.15) is 13.8 Å². The molecule has 0 spiro atoms. The van der Waals surface area contributed by atoms with Gasteiger partial charge in [-0.3, -0.25) is 0 Å². The minimum absolute atomic E-state index is 0.0694. The summed E-state index contributed by atoms with van der Waals surface area (Å²) in [6, 6.07) is 0.0694. The van der Waals surface area contributed by atoms with Crippen molar-refractivity contribution in [2.24, 2.45) is 11.7 Å². The highest BCUT2D eigenvalue weighted by Gasteiger charge is 2.10. The van der Waals surface area contributed by atoms with Gasteiger partial charge in [0.1, 0.15) is 0 Å². The first-order chi connectivity index (χ1) is 4.59. The number of hydrogen-bond acceptors (Lipinski definition) is 2. The second-order valence-corrected chi connectivity index (χ2v) is 2.86. The van der Waals surface area contributed by atoms with Gasteiger partial charge in [-0.1, -0.05) is 20.4 Å². The van der Waals surface area contributed by atoms with E-state index >= 15 is 0 Å². The molecule has 0 bridgehead atoms. The van der Waals surface area contributed by atoms with Gasteiger partial charge >= 0.3 is 0 Å². The summed E-state index contributed by atoms with van der Waals surface area (Å²) < 4.78 is 4.90. The number of hydrogen-bond donors (Lipinski definition) is 1. The van der Waals surface area contributed by atoms with Crippen molar-refractivity contribution in [3.8, 4) is 0 Å². The largest absolute Gasteiger partial charge is 0.380 e. The van der Waals surface area contributed by atoms with E-state index in [1.165, 1.54) is 0 Å². The van der Waals surface area contributed by atoms with Crippen LogP contribution in [0.3, 0.4) is 0 Å². The predicted molar refractivity (Wildman–Crippen MR) is 43.8 cm³/mol. The monoisotopic (exact) mass is 143 g/mol. The lowest BCUT2D eigenvalue weighted by Gasteiger charge is -2.17. The summed E-state index contributed by atoms with van der Waals surface area (Å²) >= 11 is 0. The van der Waals surface area contributed by atoms with E-state index in [4.69, 9.17) is 10.5 Å². The van der Waals surface area contributed by atoms with E-state index in [2.05, 4.69) is 20.4 Å². The van der Waals surface area contributed by atoms with Gasteiger partial charge in [-0.2, -0.15) is 0 Å². The first-order valence-corrected chi connectivity index (χ1v) is 3.51. The first kappa shape index (κ1) is 9.66. The molecule has 0 fully saturated rings. The molecule has 60 valence electrons. The van der Waals surface area contributed by atoms with Gasteiger partial charge in [0, 0.05) is 13.2 Å². The molecule has 2 heteroatoms. The molecule has 0 amide bonds. The summed E-state index contributed by atoms with van der Waals surface area (Å²) in [6.07, 6.45) is 0. The molecule has 0 aromatic rings. The highest BCUT2D eigenvalue weighted by atomic mass is 16.5. The molecule has 2 N–H and O–H groups in total. The third-order valence-corrected chi connectivity index (χ3v) is 1.52. The number of ether oxygens (including phenoxy) is 1. The normalized spacial score (nSPS) is 13.7. The van der Waals surface area contributed by atoms with Crippen LogP contribution in [0.2, 0.25) is 0 Å². The maximum atomic E-state index is 5.77. The average Bonchev–Trinajstić information content (AvgIpc) is 1.87. The zero-order valence-corrected chi connectivity index (χ0v) is 7.05. The molecule has 0 aromatic carbocycles. The molecule has 0 aromatic heterocycles. The smallest absolute Gasteiger partial charge is 0.0685 e. The molecule has 0 aliphatic rings. The fourth-order valence-electron chi connectivity index (χ4n) is 0.753. The van der Waals surface area contributed by atoms with Crippen molar-refractivity contribution in [3.63, 3.8) is 0 Å². The van der Waals surface area contributed by atoms with Gasteiger partial charge in [0.2, 0.25) is 0 Å². The Morgan fingerprint density at radius 1 is 1.60 bits per heavy atom. The first-order valence-electron chi connectivity index (χ1n) is 3.51. The van der Waals surface area contributed by atoms with E-state index in [0.29, 0.717) is 12.5 Å². The molecule has 0 rings (SSSR count). The molecule has 0 heterocycles. The molecular weight excluding hydrogens is 126 g/mol. The molecule has 0 saturated carbocycles. The lowest BCUT2D eigenvalue weighted by molar-refractivity contribution is 0.218. The summed E-state index contributed by atoms with van der Waals surface area (Å²) in [5.41, 5.74) is 6.74. The van der Waals surface area contributed by atoms with Crippen LogP contribution < -0.4 is 5.73 Å². The van der Waals surface area contributed by atoms with Crippen LogP contribution in [0.25, 0.3) is 0 Å². The lowest BCUT2D eigenvalue weighted by atomic mass is 9.99. The van der Waals surface area contributed by atoms with Gasteiger partial charge in [0.05, 0.1) is 6.61 Å². The van der Waals surface area contributed by atoms with Crippen molar-refractivity contribution in [2.75, 3.05) is 13.7 Å². The van der Waals surface area contributed by atoms with Crippen LogP contribution in [0.15, 0.2) is 12.2 Å². The second kappa shape index (κ2) is 4.47. The molecule has 10 heavy (non-hydrogen) atoms. The van der Waals surface area contributed by atoms with E-state index in [9.17, 15) is 0 Å². The fourth-order valence-corrected chi connectivity index (χ4v) is 0.753. The Morgan fingerprint density at radius 3 is 2.40 bits per heavy atom. The topological polar surface area (TPSA) is 35.2 Å². The number of methoxy groups -OCH3 is 1. The Labute approximate surface area is 63.1 Å². The molecule has 0 aliphatic heterocycles. The Hall–Kier alpha value is -0.340. The van der Waals surface area contributed by atoms with Crippen LogP contribution in [0.4, 0.5) is 0 Å². The summed E-state index contributed by atoms with van der Waals surface area (Å²) in [5, 5.41) is 0. The quantitative estimate of drug-likeness (QED) is 0.600. The molecule has 1 unspecified atom stereocenters. The van der Waals surface area contributed by atoms with Gasteiger partial charge in [-0.15, -0.1) is 0 Å². The minimum Gasteiger partial charge on any atom is -0.380 e. The predicted octanol–water partition coefficient (Wildman–Crippen LogP) is 1.17. The maximum absolute atomic E-state index is 5.77. The lowest BCUT2D eigenvalue weighted by Crippen LogP contribution is -2.29. The Balaban J connectivity index is 3.71. The standard InChI is InChI=1S/C8H17NO/c1-6(2)8(9)7(3)5-10-4/h6,8H,3,5,9H2,1-2,4H3. The Kier molecular flexibility index (Phi) is 4.32. The number of nitrogens with two attached hydrogens (primary N) is 1. The van der Waals surface area contributed by atoms with E-state index in [0.717, 1.165) is 5.57 Å². The summed E-state index contributed by atoms with van der Waals surface area (Å²) in [5.74, 6) is 0.447. The Bertz CT molecular complexity index is 110. The van der Waals surface area contributed by atoms with Crippen molar-refractivity contribution < 1.29 is 4.74 Å². The molecular formula is C8H17NO. The van der Waals surface area contributed by atoms with Gasteiger partial charge in [0.15, 0.2) is 0 Å². The van der Waals surface area contributed by atoms with E-state index < -0.39 is 0 Å². The number of rotatable bonds is 4. The average molecular weight is 143 g/mol. The SMILES string of the molecule is C=C(COC)C(N)C(C)C. The summed E-state index contributed by atoms with van der Waals surface area (Å²) in [4.78, 5) is 0. The van der Waals surface area contributed by atoms with E-state index in [1.54, 1.807) is 7.11 Å². The highest BCUT2D eigenvalue weighted by Crippen LogP contribution is 2.07. The zero-order chi connectivity index (χ0) is 8.15. The highest BCUT2D eigenvalue weighted by molar-refractivity contribution is 5.05. The van der Waals surface area contributed by atoms with Crippen LogP contribution >= 0.6 is 0 Å². The van der Waals surface area contributed by atoms with Gasteiger partial charge in [0.25, 0.3) is 0 Å². The molecule has 0 aliphatic carbocycles. The molecule has 0 radical (unpaired) electrons. The van der Waals surface area contributed by atoms with Crippen LogP contribution in [0, 0.1) is 5.92 Å². The molecule has 2 nitrogen and oxygen atoms in total. The van der Waals surface area contributed by atoms with Crippen LogP contribution in [-0.2, 0) is 4.74 Å². The van der Waals surface area contributed by atoms with Crippen LogP contribution in [-0.4, -0.2) is 19.8 Å². The van der Waals surface area contributed by atoms with Crippen LogP contribution in [0.5, 0.6) is 0 Å². The maximum Gasteiger partial charge on any atom is 0.0685 e. The van der Waals surface area contributed by atoms with Gasteiger partial charge in [-0.05, 0) is 11.5 Å². The van der Waals surface area contributed by atoms with Crippen molar-refractivity contribution in [1.82, 2.24) is 0 Å². The fraction of sp³-hybridized carbons (Fsp3) is 0.750. The third kappa shape index (κ3) is 2.99. The summed E-state index contributed by atoms with van der Waals surface area (Å²) in [7, 11) is 1.65.